The van der Waals surface area contributed by atoms with Crippen molar-refractivity contribution in [1.82, 2.24) is 19.1 Å². The van der Waals surface area contributed by atoms with Crippen molar-refractivity contribution < 1.29 is 17.9 Å². The lowest BCUT2D eigenvalue weighted by Crippen LogP contribution is -2.41. The first-order valence-corrected chi connectivity index (χ1v) is 8.75. The second-order valence-electron chi connectivity index (χ2n) is 5.36. The summed E-state index contributed by atoms with van der Waals surface area (Å²) < 4.78 is 31.0. The van der Waals surface area contributed by atoms with Crippen LogP contribution >= 0.6 is 0 Å². The minimum atomic E-state index is -4.01. The van der Waals surface area contributed by atoms with Crippen LogP contribution in [0.5, 0.6) is 0 Å². The summed E-state index contributed by atoms with van der Waals surface area (Å²) in [5, 5.41) is 3.82. The summed E-state index contributed by atoms with van der Waals surface area (Å²) >= 11 is 0. The number of amides is 1. The van der Waals surface area contributed by atoms with Crippen LogP contribution in [0.1, 0.15) is 16.2 Å². The number of carbonyl (C=O) groups excluding carboxylic acids is 1. The maximum Gasteiger partial charge on any atom is 0.293 e. The van der Waals surface area contributed by atoms with E-state index in [1.807, 2.05) is 6.92 Å². The van der Waals surface area contributed by atoms with E-state index in [1.54, 1.807) is 12.1 Å². The molecule has 1 aliphatic heterocycles. The molecule has 2 aromatic rings. The van der Waals surface area contributed by atoms with Gasteiger partial charge in [0.1, 0.15) is 0 Å². The lowest BCUT2D eigenvalue weighted by molar-refractivity contribution is 0.0295. The molecule has 9 nitrogen and oxygen atoms in total. The van der Waals surface area contributed by atoms with Gasteiger partial charge in [-0.3, -0.25) is 4.79 Å². The molecule has 0 radical (unpaired) electrons. The molecule has 3 rings (SSSR count). The van der Waals surface area contributed by atoms with Gasteiger partial charge in [0.05, 0.1) is 18.1 Å². The number of anilines is 1. The van der Waals surface area contributed by atoms with E-state index in [-0.39, 0.29) is 16.7 Å². The molecule has 1 aliphatic rings. The first kappa shape index (κ1) is 16.4. The molecule has 0 bridgehead atoms. The number of hydrogen-bond donors (Lipinski definition) is 1. The standard InChI is InChI=1S/C14H17N5O4S/c1-10-2-4-11(5-3-10)24(21,22)19-14(15)16-12(17-19)13(20)18-6-8-23-9-7-18/h2-5H,6-9H2,1H3,(H2,15,16,17). The Labute approximate surface area is 139 Å². The number of morpholine rings is 1. The molecule has 2 heterocycles. The first-order valence-electron chi connectivity index (χ1n) is 7.31. The number of aryl methyl sites for hydroxylation is 1. The molecule has 128 valence electrons. The Morgan fingerprint density at radius 3 is 2.46 bits per heavy atom. The third-order valence-corrected chi connectivity index (χ3v) is 5.23. The number of benzene rings is 1. The highest BCUT2D eigenvalue weighted by molar-refractivity contribution is 7.90. The van der Waals surface area contributed by atoms with Gasteiger partial charge in [-0.05, 0) is 19.1 Å². The van der Waals surface area contributed by atoms with Crippen LogP contribution < -0.4 is 5.73 Å². The fraction of sp³-hybridized carbons (Fsp3) is 0.357. The fourth-order valence-electron chi connectivity index (χ4n) is 2.30. The van der Waals surface area contributed by atoms with E-state index in [9.17, 15) is 13.2 Å². The lowest BCUT2D eigenvalue weighted by Gasteiger charge is -2.25. The lowest BCUT2D eigenvalue weighted by atomic mass is 10.2. The van der Waals surface area contributed by atoms with Crippen molar-refractivity contribution in [3.63, 3.8) is 0 Å². The number of nitrogens with zero attached hydrogens (tertiary/aromatic N) is 4. The van der Waals surface area contributed by atoms with Crippen molar-refractivity contribution in [1.29, 1.82) is 0 Å². The zero-order chi connectivity index (χ0) is 17.3. The maximum atomic E-state index is 12.6. The minimum absolute atomic E-state index is 0.0232. The highest BCUT2D eigenvalue weighted by atomic mass is 32.2. The Morgan fingerprint density at radius 2 is 1.83 bits per heavy atom. The van der Waals surface area contributed by atoms with E-state index in [4.69, 9.17) is 10.5 Å². The highest BCUT2D eigenvalue weighted by Crippen LogP contribution is 2.17. The summed E-state index contributed by atoms with van der Waals surface area (Å²) in [7, 11) is -4.01. The maximum absolute atomic E-state index is 12.6. The van der Waals surface area contributed by atoms with E-state index >= 15 is 0 Å². The molecule has 0 unspecified atom stereocenters. The van der Waals surface area contributed by atoms with E-state index in [0.717, 1.165) is 5.56 Å². The second-order valence-corrected chi connectivity index (χ2v) is 7.13. The topological polar surface area (TPSA) is 120 Å². The summed E-state index contributed by atoms with van der Waals surface area (Å²) in [4.78, 5) is 17.7. The largest absolute Gasteiger partial charge is 0.378 e. The molecule has 1 amide bonds. The second kappa shape index (κ2) is 6.21. The van der Waals surface area contributed by atoms with Crippen molar-refractivity contribution in [3.8, 4) is 0 Å². The van der Waals surface area contributed by atoms with E-state index in [0.29, 0.717) is 30.4 Å². The summed E-state index contributed by atoms with van der Waals surface area (Å²) in [6.07, 6.45) is 0. The van der Waals surface area contributed by atoms with Gasteiger partial charge in [-0.25, -0.2) is 0 Å². The summed E-state index contributed by atoms with van der Waals surface area (Å²) in [5.74, 6) is -1.07. The van der Waals surface area contributed by atoms with E-state index in [2.05, 4.69) is 10.1 Å². The first-order chi connectivity index (χ1) is 11.4. The summed E-state index contributed by atoms with van der Waals surface area (Å²) in [6.45, 7) is 3.49. The monoisotopic (exact) mass is 351 g/mol. The molecule has 1 saturated heterocycles. The summed E-state index contributed by atoms with van der Waals surface area (Å²) in [6, 6.07) is 6.24. The number of aromatic nitrogens is 3. The Morgan fingerprint density at radius 1 is 1.21 bits per heavy atom. The molecule has 1 fully saturated rings. The molecule has 10 heteroatoms. The third-order valence-electron chi connectivity index (χ3n) is 3.64. The number of hydrogen-bond acceptors (Lipinski definition) is 7. The van der Waals surface area contributed by atoms with Crippen molar-refractivity contribution in [3.05, 3.63) is 35.7 Å². The molecular formula is C14H17N5O4S. The number of carbonyl (C=O) groups is 1. The van der Waals surface area contributed by atoms with Gasteiger partial charge < -0.3 is 15.4 Å². The van der Waals surface area contributed by atoms with Crippen LogP contribution in [-0.4, -0.2) is 59.7 Å². The number of nitrogen functional groups attached to an aromatic ring is 1. The van der Waals surface area contributed by atoms with Crippen LogP contribution in [0.25, 0.3) is 0 Å². The molecule has 24 heavy (non-hydrogen) atoms. The van der Waals surface area contributed by atoms with Crippen molar-refractivity contribution >= 4 is 21.9 Å². The third kappa shape index (κ3) is 2.97. The molecule has 0 atom stereocenters. The van der Waals surface area contributed by atoms with Gasteiger partial charge in [0.25, 0.3) is 15.9 Å². The molecule has 0 saturated carbocycles. The van der Waals surface area contributed by atoms with Crippen LogP contribution in [0.2, 0.25) is 0 Å². The van der Waals surface area contributed by atoms with Gasteiger partial charge in [-0.15, -0.1) is 9.19 Å². The Balaban J connectivity index is 1.93. The van der Waals surface area contributed by atoms with Gasteiger partial charge in [-0.1, -0.05) is 17.7 Å². The van der Waals surface area contributed by atoms with Crippen molar-refractivity contribution in [2.24, 2.45) is 0 Å². The molecule has 0 aliphatic carbocycles. The van der Waals surface area contributed by atoms with E-state index in [1.165, 1.54) is 17.0 Å². The number of nitrogens with two attached hydrogens (primary N) is 1. The molecule has 0 spiro atoms. The van der Waals surface area contributed by atoms with Gasteiger partial charge in [0, 0.05) is 13.1 Å². The smallest absolute Gasteiger partial charge is 0.293 e. The Kier molecular flexibility index (Phi) is 4.24. The average molecular weight is 351 g/mol. The van der Waals surface area contributed by atoms with Crippen molar-refractivity contribution in [2.45, 2.75) is 11.8 Å². The Hall–Kier alpha value is -2.46. The number of ether oxygens (including phenoxy) is 1. The van der Waals surface area contributed by atoms with Gasteiger partial charge >= 0.3 is 0 Å². The van der Waals surface area contributed by atoms with Crippen LogP contribution in [-0.2, 0) is 14.8 Å². The van der Waals surface area contributed by atoms with Gasteiger partial charge in [0.2, 0.25) is 11.8 Å². The van der Waals surface area contributed by atoms with Crippen LogP contribution in [0, 0.1) is 6.92 Å². The van der Waals surface area contributed by atoms with Gasteiger partial charge in [0.15, 0.2) is 0 Å². The predicted octanol–water partition coefficient (Wildman–Crippen LogP) is -0.122. The summed E-state index contributed by atoms with van der Waals surface area (Å²) in [5.41, 5.74) is 6.60. The van der Waals surface area contributed by atoms with Crippen molar-refractivity contribution in [2.75, 3.05) is 32.0 Å². The zero-order valence-electron chi connectivity index (χ0n) is 13.0. The highest BCUT2D eigenvalue weighted by Gasteiger charge is 2.28. The van der Waals surface area contributed by atoms with E-state index < -0.39 is 15.9 Å². The van der Waals surface area contributed by atoms with Gasteiger partial charge in [-0.2, -0.15) is 13.4 Å². The molecule has 2 N–H and O–H groups in total. The molecule has 1 aromatic carbocycles. The van der Waals surface area contributed by atoms with Crippen LogP contribution in [0.3, 0.4) is 0 Å². The predicted molar refractivity (Wildman–Crippen MR) is 84.9 cm³/mol. The Bertz CT molecular complexity index is 854. The average Bonchev–Trinajstić information content (AvgIpc) is 2.98. The fourth-order valence-corrected chi connectivity index (χ4v) is 3.45. The van der Waals surface area contributed by atoms with Crippen LogP contribution in [0.15, 0.2) is 29.2 Å². The molecular weight excluding hydrogens is 334 g/mol. The molecule has 1 aromatic heterocycles. The normalized spacial score (nSPS) is 15.5. The SMILES string of the molecule is Cc1ccc(S(=O)(=O)n2nc(C(=O)N3CCOCC3)nc2N)cc1. The minimum Gasteiger partial charge on any atom is -0.378 e. The van der Waals surface area contributed by atoms with Crippen LogP contribution in [0.4, 0.5) is 5.95 Å². The number of rotatable bonds is 3. The quantitative estimate of drug-likeness (QED) is 0.818. The zero-order valence-corrected chi connectivity index (χ0v) is 13.9.